The Morgan fingerprint density at radius 3 is 2.71 bits per heavy atom. The van der Waals surface area contributed by atoms with Gasteiger partial charge in [0, 0.05) is 5.75 Å². The van der Waals surface area contributed by atoms with Crippen LogP contribution in [-0.2, 0) is 15.0 Å². The molecule has 1 heterocycles. The number of thioether (sulfide) groups is 1. The highest BCUT2D eigenvalue weighted by molar-refractivity contribution is 7.99. The first-order valence-corrected chi connectivity index (χ1v) is 8.39. The minimum atomic E-state index is -0.896. The third kappa shape index (κ3) is 2.33. The van der Waals surface area contributed by atoms with Gasteiger partial charge >= 0.3 is 5.97 Å². The summed E-state index contributed by atoms with van der Waals surface area (Å²) >= 11 is 1.52. The first-order valence-electron chi connectivity index (χ1n) is 7.23. The van der Waals surface area contributed by atoms with E-state index >= 15 is 0 Å². The van der Waals surface area contributed by atoms with Crippen LogP contribution in [0, 0.1) is 6.92 Å². The van der Waals surface area contributed by atoms with E-state index < -0.39 is 17.4 Å². The van der Waals surface area contributed by atoms with E-state index in [1.165, 1.54) is 11.8 Å². The number of aliphatic carboxylic acids is 1. The highest BCUT2D eigenvalue weighted by Gasteiger charge is 2.50. The topological polar surface area (TPSA) is 57.6 Å². The van der Waals surface area contributed by atoms with Gasteiger partial charge in [-0.05, 0) is 25.3 Å². The zero-order valence-corrected chi connectivity index (χ0v) is 12.9. The lowest BCUT2D eigenvalue weighted by molar-refractivity contribution is -0.152. The summed E-state index contributed by atoms with van der Waals surface area (Å²) in [6, 6.07) is 7.39. The predicted octanol–water partition coefficient (Wildman–Crippen LogP) is 2.40. The Morgan fingerprint density at radius 2 is 2.14 bits per heavy atom. The van der Waals surface area contributed by atoms with Gasteiger partial charge in [-0.2, -0.15) is 0 Å². The number of benzene rings is 1. The van der Waals surface area contributed by atoms with Gasteiger partial charge in [-0.3, -0.25) is 4.79 Å². The SMILES string of the molecule is Cc1cccc(C2(C(=O)N3CSCC3C(=O)O)CCC2)c1. The van der Waals surface area contributed by atoms with E-state index in [0.717, 1.165) is 30.4 Å². The van der Waals surface area contributed by atoms with E-state index in [1.807, 2.05) is 25.1 Å². The fourth-order valence-corrected chi connectivity index (χ4v) is 4.37. The number of hydrogen-bond donors (Lipinski definition) is 1. The van der Waals surface area contributed by atoms with Crippen molar-refractivity contribution < 1.29 is 14.7 Å². The molecule has 1 saturated carbocycles. The Labute approximate surface area is 128 Å². The average Bonchev–Trinajstić information content (AvgIpc) is 2.86. The molecular formula is C16H19NO3S. The molecular weight excluding hydrogens is 286 g/mol. The average molecular weight is 305 g/mol. The fraction of sp³-hybridized carbons (Fsp3) is 0.500. The smallest absolute Gasteiger partial charge is 0.327 e. The lowest BCUT2D eigenvalue weighted by atomic mass is 9.63. The Kier molecular flexibility index (Phi) is 3.69. The quantitative estimate of drug-likeness (QED) is 0.931. The normalized spacial score (nSPS) is 23.7. The van der Waals surface area contributed by atoms with Gasteiger partial charge in [0.25, 0.3) is 0 Å². The van der Waals surface area contributed by atoms with Crippen molar-refractivity contribution in [1.29, 1.82) is 0 Å². The Bertz CT molecular complexity index is 583. The standard InChI is InChI=1S/C16H19NO3S/c1-11-4-2-5-12(8-11)16(6-3-7-16)15(20)17-10-21-9-13(17)14(18)19/h2,4-5,8,13H,3,6-7,9-10H2,1H3,(H,18,19). The van der Waals surface area contributed by atoms with Crippen LogP contribution < -0.4 is 0 Å². The molecule has 0 radical (unpaired) electrons. The van der Waals surface area contributed by atoms with Crippen LogP contribution in [-0.4, -0.2) is 39.6 Å². The summed E-state index contributed by atoms with van der Waals surface area (Å²) in [6.45, 7) is 2.02. The molecule has 1 aliphatic carbocycles. The fourth-order valence-electron chi connectivity index (χ4n) is 3.22. The van der Waals surface area contributed by atoms with Gasteiger partial charge in [0.15, 0.2) is 0 Å². The zero-order chi connectivity index (χ0) is 15.0. The maximum Gasteiger partial charge on any atom is 0.327 e. The molecule has 1 saturated heterocycles. The summed E-state index contributed by atoms with van der Waals surface area (Å²) in [5.41, 5.74) is 1.68. The molecule has 1 aromatic rings. The van der Waals surface area contributed by atoms with E-state index in [4.69, 9.17) is 0 Å². The van der Waals surface area contributed by atoms with Gasteiger partial charge in [-0.25, -0.2) is 4.79 Å². The van der Waals surface area contributed by atoms with E-state index in [1.54, 1.807) is 4.90 Å². The van der Waals surface area contributed by atoms with Gasteiger partial charge in [-0.15, -0.1) is 11.8 Å². The molecule has 21 heavy (non-hydrogen) atoms. The number of rotatable bonds is 3. The van der Waals surface area contributed by atoms with Crippen molar-refractivity contribution in [2.75, 3.05) is 11.6 Å². The summed E-state index contributed by atoms with van der Waals surface area (Å²) in [5, 5.41) is 9.30. The van der Waals surface area contributed by atoms with Crippen LogP contribution in [0.1, 0.15) is 30.4 Å². The van der Waals surface area contributed by atoms with Crippen molar-refractivity contribution in [2.45, 2.75) is 37.6 Å². The maximum atomic E-state index is 13.0. The van der Waals surface area contributed by atoms with Gasteiger partial charge < -0.3 is 10.0 Å². The Hall–Kier alpha value is -1.49. The first-order chi connectivity index (χ1) is 10.0. The predicted molar refractivity (Wildman–Crippen MR) is 82.3 cm³/mol. The van der Waals surface area contributed by atoms with Gasteiger partial charge in [0.2, 0.25) is 5.91 Å². The first kappa shape index (κ1) is 14.4. The highest BCUT2D eigenvalue weighted by atomic mass is 32.2. The summed E-state index contributed by atoms with van der Waals surface area (Å²) in [4.78, 5) is 25.9. The number of carbonyl (C=O) groups excluding carboxylic acids is 1. The van der Waals surface area contributed by atoms with Crippen LogP contribution in [0.25, 0.3) is 0 Å². The van der Waals surface area contributed by atoms with E-state index in [0.29, 0.717) is 11.6 Å². The van der Waals surface area contributed by atoms with Crippen molar-refractivity contribution >= 4 is 23.6 Å². The molecule has 2 fully saturated rings. The molecule has 3 rings (SSSR count). The lowest BCUT2D eigenvalue weighted by Crippen LogP contribution is -2.54. The molecule has 1 amide bonds. The third-order valence-corrected chi connectivity index (χ3v) is 5.63. The molecule has 1 aliphatic heterocycles. The summed E-state index contributed by atoms with van der Waals surface area (Å²) in [5.74, 6) is 0.0812. The second-order valence-electron chi connectivity index (χ2n) is 5.93. The van der Waals surface area contributed by atoms with E-state index in [-0.39, 0.29) is 5.91 Å². The Balaban J connectivity index is 1.92. The van der Waals surface area contributed by atoms with Gasteiger partial charge in [0.1, 0.15) is 6.04 Å². The van der Waals surface area contributed by atoms with Crippen LogP contribution >= 0.6 is 11.8 Å². The minimum Gasteiger partial charge on any atom is -0.480 e. The summed E-state index contributed by atoms with van der Waals surface area (Å²) < 4.78 is 0. The number of hydrogen-bond acceptors (Lipinski definition) is 3. The Morgan fingerprint density at radius 1 is 1.38 bits per heavy atom. The number of carbonyl (C=O) groups is 2. The molecule has 4 nitrogen and oxygen atoms in total. The molecule has 112 valence electrons. The molecule has 1 aromatic carbocycles. The van der Waals surface area contributed by atoms with Crippen molar-refractivity contribution in [3.8, 4) is 0 Å². The monoisotopic (exact) mass is 305 g/mol. The number of aryl methyl sites for hydroxylation is 1. The van der Waals surface area contributed by atoms with Crippen LogP contribution in [0.5, 0.6) is 0 Å². The third-order valence-electron chi connectivity index (χ3n) is 4.62. The van der Waals surface area contributed by atoms with Crippen LogP contribution in [0.15, 0.2) is 24.3 Å². The number of carboxylic acid groups (broad SMARTS) is 1. The zero-order valence-electron chi connectivity index (χ0n) is 12.0. The summed E-state index contributed by atoms with van der Waals surface area (Å²) in [7, 11) is 0. The largest absolute Gasteiger partial charge is 0.480 e. The molecule has 1 atom stereocenters. The van der Waals surface area contributed by atoms with Crippen LogP contribution in [0.3, 0.4) is 0 Å². The van der Waals surface area contributed by atoms with Crippen molar-refractivity contribution in [2.24, 2.45) is 0 Å². The number of nitrogens with zero attached hydrogens (tertiary/aromatic N) is 1. The van der Waals surface area contributed by atoms with Gasteiger partial charge in [-0.1, -0.05) is 36.2 Å². The van der Waals surface area contributed by atoms with Crippen LogP contribution in [0.2, 0.25) is 0 Å². The number of amides is 1. The van der Waals surface area contributed by atoms with Crippen molar-refractivity contribution in [3.05, 3.63) is 35.4 Å². The van der Waals surface area contributed by atoms with E-state index in [2.05, 4.69) is 6.07 Å². The molecule has 5 heteroatoms. The number of carboxylic acids is 1. The second-order valence-corrected chi connectivity index (χ2v) is 6.93. The second kappa shape index (κ2) is 5.37. The molecule has 1 unspecified atom stereocenters. The molecule has 0 spiro atoms. The molecule has 0 bridgehead atoms. The summed E-state index contributed by atoms with van der Waals surface area (Å²) in [6.07, 6.45) is 2.67. The highest BCUT2D eigenvalue weighted by Crippen LogP contribution is 2.46. The molecule has 2 aliphatic rings. The molecule has 1 N–H and O–H groups in total. The van der Waals surface area contributed by atoms with Crippen LogP contribution in [0.4, 0.5) is 0 Å². The van der Waals surface area contributed by atoms with Crippen molar-refractivity contribution in [1.82, 2.24) is 4.90 Å². The lowest BCUT2D eigenvalue weighted by Gasteiger charge is -2.43. The minimum absolute atomic E-state index is 0.00301. The molecule has 0 aromatic heterocycles. The van der Waals surface area contributed by atoms with Crippen molar-refractivity contribution in [3.63, 3.8) is 0 Å². The van der Waals surface area contributed by atoms with E-state index in [9.17, 15) is 14.7 Å². The van der Waals surface area contributed by atoms with Gasteiger partial charge in [0.05, 0.1) is 11.3 Å². The maximum absolute atomic E-state index is 13.0.